The molecule has 0 bridgehead atoms. The fourth-order valence-corrected chi connectivity index (χ4v) is 1.45. The van der Waals surface area contributed by atoms with Crippen LogP contribution in [-0.2, 0) is 16.1 Å². The van der Waals surface area contributed by atoms with Crippen molar-refractivity contribution in [1.82, 2.24) is 0 Å². The Bertz CT molecular complexity index is 363. The third-order valence-corrected chi connectivity index (χ3v) is 2.46. The predicted octanol–water partition coefficient (Wildman–Crippen LogP) is 2.72. The summed E-state index contributed by atoms with van der Waals surface area (Å²) < 4.78 is 10.8. The van der Waals surface area contributed by atoms with E-state index in [1.807, 2.05) is 6.07 Å². The van der Waals surface area contributed by atoms with E-state index in [1.165, 1.54) is 0 Å². The zero-order chi connectivity index (χ0) is 13.2. The molecule has 0 heterocycles. The topological polar surface area (TPSA) is 55.8 Å². The Balaban J connectivity index is 2.19. The van der Waals surface area contributed by atoms with Crippen LogP contribution in [0.15, 0.2) is 24.3 Å². The highest BCUT2D eigenvalue weighted by molar-refractivity contribution is 5.87. The molecule has 1 rings (SSSR count). The fourth-order valence-electron chi connectivity index (χ4n) is 1.45. The van der Waals surface area contributed by atoms with E-state index in [2.05, 4.69) is 6.92 Å². The number of carboxylic acids is 1. The quantitative estimate of drug-likeness (QED) is 0.686. The Morgan fingerprint density at radius 3 is 2.72 bits per heavy atom. The summed E-state index contributed by atoms with van der Waals surface area (Å²) in [5.74, 6) is -0.917. The Hall–Kier alpha value is -1.39. The molecule has 0 radical (unpaired) electrons. The third kappa shape index (κ3) is 5.80. The van der Waals surface area contributed by atoms with E-state index in [4.69, 9.17) is 14.6 Å². The van der Waals surface area contributed by atoms with Gasteiger partial charge in [-0.2, -0.15) is 0 Å². The largest absolute Gasteiger partial charge is 0.478 e. The van der Waals surface area contributed by atoms with Crippen molar-refractivity contribution < 1.29 is 19.4 Å². The summed E-state index contributed by atoms with van der Waals surface area (Å²) in [7, 11) is 0. The molecule has 4 heteroatoms. The molecule has 0 aliphatic heterocycles. The van der Waals surface area contributed by atoms with Crippen molar-refractivity contribution in [3.8, 4) is 0 Å². The summed E-state index contributed by atoms with van der Waals surface area (Å²) >= 11 is 0. The van der Waals surface area contributed by atoms with Gasteiger partial charge in [-0.15, -0.1) is 0 Å². The molecule has 0 atom stereocenters. The number of hydrogen-bond donors (Lipinski definition) is 1. The van der Waals surface area contributed by atoms with Crippen molar-refractivity contribution in [2.75, 3.05) is 19.8 Å². The van der Waals surface area contributed by atoms with Gasteiger partial charge in [-0.05, 0) is 24.1 Å². The first kappa shape index (κ1) is 14.7. The lowest BCUT2D eigenvalue weighted by Crippen LogP contribution is -2.05. The van der Waals surface area contributed by atoms with E-state index in [0.717, 1.165) is 25.0 Å². The molecule has 0 amide bonds. The highest BCUT2D eigenvalue weighted by atomic mass is 16.5. The molecule has 18 heavy (non-hydrogen) atoms. The van der Waals surface area contributed by atoms with Crippen molar-refractivity contribution in [2.45, 2.75) is 26.4 Å². The number of carboxylic acid groups (broad SMARTS) is 1. The number of carbonyl (C=O) groups is 1. The first-order chi connectivity index (χ1) is 8.74. The number of benzene rings is 1. The summed E-state index contributed by atoms with van der Waals surface area (Å²) in [6.07, 6.45) is 2.20. The van der Waals surface area contributed by atoms with Crippen molar-refractivity contribution >= 4 is 5.97 Å². The second kappa shape index (κ2) is 8.66. The van der Waals surface area contributed by atoms with Gasteiger partial charge >= 0.3 is 5.97 Å². The van der Waals surface area contributed by atoms with E-state index in [-0.39, 0.29) is 5.56 Å². The Morgan fingerprint density at radius 1 is 1.22 bits per heavy atom. The summed E-state index contributed by atoms with van der Waals surface area (Å²) in [6, 6.07) is 6.77. The van der Waals surface area contributed by atoms with Crippen LogP contribution in [0.2, 0.25) is 0 Å². The van der Waals surface area contributed by atoms with E-state index in [1.54, 1.807) is 18.2 Å². The lowest BCUT2D eigenvalue weighted by molar-refractivity contribution is 0.0396. The minimum atomic E-state index is -0.917. The number of ether oxygens (including phenoxy) is 2. The maximum atomic E-state index is 10.8. The number of unbranched alkanes of at least 4 members (excludes halogenated alkanes) is 1. The molecule has 1 N–H and O–H groups in total. The molecule has 0 saturated heterocycles. The highest BCUT2D eigenvalue weighted by Gasteiger charge is 2.02. The molecule has 0 aromatic heterocycles. The number of rotatable bonds is 9. The first-order valence-electron chi connectivity index (χ1n) is 6.21. The molecule has 100 valence electrons. The Morgan fingerprint density at radius 2 is 2.00 bits per heavy atom. The van der Waals surface area contributed by atoms with Crippen molar-refractivity contribution in [3.05, 3.63) is 35.4 Å². The minimum Gasteiger partial charge on any atom is -0.478 e. The van der Waals surface area contributed by atoms with E-state index >= 15 is 0 Å². The van der Waals surface area contributed by atoms with Gasteiger partial charge in [0.05, 0.1) is 25.4 Å². The summed E-state index contributed by atoms with van der Waals surface area (Å²) in [6.45, 7) is 4.42. The standard InChI is InChI=1S/C14H20O4/c1-2-3-7-17-8-9-18-11-12-5-4-6-13(10-12)14(15)16/h4-6,10H,2-3,7-9,11H2,1H3,(H,15,16). The average Bonchev–Trinajstić information content (AvgIpc) is 2.38. The maximum absolute atomic E-state index is 10.8. The van der Waals surface area contributed by atoms with Gasteiger partial charge in [0.25, 0.3) is 0 Å². The molecular weight excluding hydrogens is 232 g/mol. The molecule has 0 spiro atoms. The summed E-state index contributed by atoms with van der Waals surface area (Å²) in [5, 5.41) is 8.84. The molecule has 0 fully saturated rings. The van der Waals surface area contributed by atoms with Crippen molar-refractivity contribution in [1.29, 1.82) is 0 Å². The van der Waals surface area contributed by atoms with Crippen LogP contribution in [0.4, 0.5) is 0 Å². The average molecular weight is 252 g/mol. The molecule has 0 saturated carbocycles. The second-order valence-electron chi connectivity index (χ2n) is 4.02. The van der Waals surface area contributed by atoms with Gasteiger partial charge in [-0.25, -0.2) is 4.79 Å². The van der Waals surface area contributed by atoms with E-state index in [0.29, 0.717) is 19.8 Å². The van der Waals surface area contributed by atoms with Crippen LogP contribution in [0.25, 0.3) is 0 Å². The monoisotopic (exact) mass is 252 g/mol. The molecule has 0 aliphatic rings. The minimum absolute atomic E-state index is 0.287. The molecule has 1 aromatic carbocycles. The normalized spacial score (nSPS) is 10.5. The summed E-state index contributed by atoms with van der Waals surface area (Å²) in [4.78, 5) is 10.8. The van der Waals surface area contributed by atoms with Crippen LogP contribution in [0.3, 0.4) is 0 Å². The predicted molar refractivity (Wildman–Crippen MR) is 68.8 cm³/mol. The van der Waals surface area contributed by atoms with Crippen LogP contribution < -0.4 is 0 Å². The second-order valence-corrected chi connectivity index (χ2v) is 4.02. The van der Waals surface area contributed by atoms with Crippen LogP contribution in [0.5, 0.6) is 0 Å². The van der Waals surface area contributed by atoms with Crippen LogP contribution >= 0.6 is 0 Å². The van der Waals surface area contributed by atoms with Gasteiger partial charge in [-0.3, -0.25) is 0 Å². The van der Waals surface area contributed by atoms with Gasteiger partial charge in [0.15, 0.2) is 0 Å². The molecule has 1 aromatic rings. The molecule has 0 aliphatic carbocycles. The Kier molecular flexibility index (Phi) is 7.06. The zero-order valence-corrected chi connectivity index (χ0v) is 10.7. The van der Waals surface area contributed by atoms with Gasteiger partial charge in [0, 0.05) is 6.61 Å². The smallest absolute Gasteiger partial charge is 0.335 e. The number of hydrogen-bond acceptors (Lipinski definition) is 3. The van der Waals surface area contributed by atoms with Gasteiger partial charge in [-0.1, -0.05) is 25.5 Å². The molecular formula is C14H20O4. The fraction of sp³-hybridized carbons (Fsp3) is 0.500. The number of aromatic carboxylic acids is 1. The molecule has 0 unspecified atom stereocenters. The van der Waals surface area contributed by atoms with Crippen molar-refractivity contribution in [3.63, 3.8) is 0 Å². The van der Waals surface area contributed by atoms with Crippen LogP contribution in [0.1, 0.15) is 35.7 Å². The maximum Gasteiger partial charge on any atom is 0.335 e. The lowest BCUT2D eigenvalue weighted by Gasteiger charge is -2.06. The van der Waals surface area contributed by atoms with Gasteiger partial charge < -0.3 is 14.6 Å². The lowest BCUT2D eigenvalue weighted by atomic mass is 10.1. The summed E-state index contributed by atoms with van der Waals surface area (Å²) in [5.41, 5.74) is 1.15. The van der Waals surface area contributed by atoms with Crippen molar-refractivity contribution in [2.24, 2.45) is 0 Å². The first-order valence-corrected chi connectivity index (χ1v) is 6.21. The Labute approximate surface area is 108 Å². The van der Waals surface area contributed by atoms with E-state index < -0.39 is 5.97 Å². The van der Waals surface area contributed by atoms with E-state index in [9.17, 15) is 4.79 Å². The SMILES string of the molecule is CCCCOCCOCc1cccc(C(=O)O)c1. The third-order valence-electron chi connectivity index (χ3n) is 2.46. The zero-order valence-electron chi connectivity index (χ0n) is 10.7. The van der Waals surface area contributed by atoms with Gasteiger partial charge in [0.1, 0.15) is 0 Å². The molecule has 4 nitrogen and oxygen atoms in total. The van der Waals surface area contributed by atoms with Crippen LogP contribution in [0, 0.1) is 0 Å². The van der Waals surface area contributed by atoms with Gasteiger partial charge in [0.2, 0.25) is 0 Å². The highest BCUT2D eigenvalue weighted by Crippen LogP contribution is 2.06. The van der Waals surface area contributed by atoms with Crippen LogP contribution in [-0.4, -0.2) is 30.9 Å².